The zero-order valence-corrected chi connectivity index (χ0v) is 26.8. The van der Waals surface area contributed by atoms with E-state index >= 15 is 0 Å². The first-order valence-corrected chi connectivity index (χ1v) is 24.5. The summed E-state index contributed by atoms with van der Waals surface area (Å²) in [5, 5.41) is 0. The summed E-state index contributed by atoms with van der Waals surface area (Å²) < 4.78 is 0.980. The van der Waals surface area contributed by atoms with E-state index in [0.29, 0.717) is 0 Å². The molecular weight excluding hydrogens is 607 g/mol. The molecule has 4 aromatic rings. The van der Waals surface area contributed by atoms with Crippen molar-refractivity contribution in [2.24, 2.45) is 5.41 Å². The maximum absolute atomic E-state index is 8.71. The van der Waals surface area contributed by atoms with Gasteiger partial charge in [-0.25, -0.2) is 0 Å². The van der Waals surface area contributed by atoms with E-state index < -0.39 is 15.9 Å². The second-order valence-corrected chi connectivity index (χ2v) is 32.8. The van der Waals surface area contributed by atoms with Gasteiger partial charge in [-0.1, -0.05) is 0 Å². The van der Waals surface area contributed by atoms with Gasteiger partial charge in [0.25, 0.3) is 0 Å². The van der Waals surface area contributed by atoms with E-state index in [9.17, 15) is 0 Å². The zero-order chi connectivity index (χ0) is 27.6. The number of rotatable bonds is 4. The average Bonchev–Trinajstić information content (AvgIpc) is 3.54. The van der Waals surface area contributed by atoms with Crippen LogP contribution < -0.4 is 0 Å². The number of fused-ring (bicyclic) bond motifs is 3. The fourth-order valence-corrected chi connectivity index (χ4v) is 28.2. The molecule has 3 aliphatic rings. The molecule has 4 aromatic carbocycles. The SMILES string of the molecule is CC1(C)C=CC2=C(C=C[CH]2[Zr]([Cl])([Cl])(=[C](c2ccccc2)c2ccccc2)[CH]2c3ccccc3-c3ccccc32)C1. The van der Waals surface area contributed by atoms with Crippen LogP contribution in [0, 0.1) is 5.41 Å². The number of hydrogen-bond acceptors (Lipinski definition) is 0. The third-order valence-electron chi connectivity index (χ3n) is 9.09. The molecule has 198 valence electrons. The molecule has 0 saturated carbocycles. The monoisotopic (exact) mass is 636 g/mol. The van der Waals surface area contributed by atoms with Crippen LogP contribution >= 0.6 is 17.0 Å². The van der Waals surface area contributed by atoms with Gasteiger partial charge in [0.15, 0.2) is 0 Å². The second kappa shape index (κ2) is 9.49. The third kappa shape index (κ3) is 3.93. The predicted octanol–water partition coefficient (Wildman–Crippen LogP) is 10.7. The van der Waals surface area contributed by atoms with Crippen LogP contribution in [0.15, 0.2) is 145 Å². The van der Waals surface area contributed by atoms with Gasteiger partial charge in [0, 0.05) is 0 Å². The van der Waals surface area contributed by atoms with Crippen LogP contribution in [0.3, 0.4) is 0 Å². The molecule has 0 spiro atoms. The van der Waals surface area contributed by atoms with E-state index in [1.807, 2.05) is 0 Å². The molecule has 0 amide bonds. The molecule has 0 heterocycles. The first kappa shape index (κ1) is 26.3. The Morgan fingerprint density at radius 3 is 1.73 bits per heavy atom. The topological polar surface area (TPSA) is 0 Å². The molecule has 1 atom stereocenters. The molecule has 0 aliphatic heterocycles. The quantitative estimate of drug-likeness (QED) is 0.209. The minimum absolute atomic E-state index is 0.0632. The van der Waals surface area contributed by atoms with Gasteiger partial charge in [0.2, 0.25) is 0 Å². The van der Waals surface area contributed by atoms with Crippen LogP contribution in [-0.4, -0.2) is 3.21 Å². The van der Waals surface area contributed by atoms with Crippen LogP contribution in [0.5, 0.6) is 0 Å². The van der Waals surface area contributed by atoms with Gasteiger partial charge in [-0.15, -0.1) is 0 Å². The van der Waals surface area contributed by atoms with Crippen LogP contribution in [0.4, 0.5) is 0 Å². The summed E-state index contributed by atoms with van der Waals surface area (Å²) in [5.41, 5.74) is 10.0. The van der Waals surface area contributed by atoms with Gasteiger partial charge in [-0.2, -0.15) is 0 Å². The summed E-state index contributed by atoms with van der Waals surface area (Å²) in [5.74, 6) is 0. The standard InChI is InChI=1S/C13H9.C13H10.C11H13.2ClH.Zr/c1-3-7-12-10(5-1)9-11-6-2-4-8-13(11)12;1-3-7-12(8-4-1)11-13-9-5-2-6-10-13;1-11(2)7-6-9-4-3-5-10(9)8-11;;;/h1-9H;1-10H;3-7H,8H2,1-2H3;2*1H;/q;;;;;+2/p-2. The summed E-state index contributed by atoms with van der Waals surface area (Å²) >= 11 is -5.35. The summed E-state index contributed by atoms with van der Waals surface area (Å²) in [6.45, 7) is 4.61. The molecule has 0 aromatic heterocycles. The van der Waals surface area contributed by atoms with Crippen molar-refractivity contribution in [3.05, 3.63) is 167 Å². The van der Waals surface area contributed by atoms with Gasteiger partial charge in [-0.05, 0) is 0 Å². The van der Waals surface area contributed by atoms with E-state index in [2.05, 4.69) is 147 Å². The van der Waals surface area contributed by atoms with Crippen molar-refractivity contribution in [2.75, 3.05) is 0 Å². The van der Waals surface area contributed by atoms with Crippen molar-refractivity contribution in [1.29, 1.82) is 0 Å². The van der Waals surface area contributed by atoms with E-state index in [-0.39, 0.29) is 12.7 Å². The Balaban J connectivity index is 1.67. The van der Waals surface area contributed by atoms with Gasteiger partial charge < -0.3 is 0 Å². The number of hydrogen-bond donors (Lipinski definition) is 0. The van der Waals surface area contributed by atoms with Crippen molar-refractivity contribution in [3.63, 3.8) is 0 Å². The van der Waals surface area contributed by atoms with Crippen molar-refractivity contribution in [3.8, 4) is 11.1 Å². The Morgan fingerprint density at radius 1 is 0.675 bits per heavy atom. The molecule has 0 saturated heterocycles. The fraction of sp³-hybridized carbons (Fsp3) is 0.162. The Bertz CT molecular complexity index is 1710. The van der Waals surface area contributed by atoms with Crippen LogP contribution in [0.2, 0.25) is 3.63 Å². The van der Waals surface area contributed by atoms with Crippen molar-refractivity contribution in [1.82, 2.24) is 0 Å². The number of allylic oxidation sites excluding steroid dienone is 6. The molecule has 0 bridgehead atoms. The third-order valence-corrected chi connectivity index (χ3v) is 28.6. The first-order valence-electron chi connectivity index (χ1n) is 14.1. The van der Waals surface area contributed by atoms with E-state index in [4.69, 9.17) is 17.0 Å². The molecular formula is C37H32Cl2Zr. The first-order chi connectivity index (χ1) is 19.3. The predicted molar refractivity (Wildman–Crippen MR) is 169 cm³/mol. The van der Waals surface area contributed by atoms with Gasteiger partial charge in [0.1, 0.15) is 0 Å². The fourth-order valence-electron chi connectivity index (χ4n) is 7.44. The number of benzene rings is 4. The number of halogens is 2. The molecule has 3 aliphatic carbocycles. The minimum atomic E-state index is -5.35. The molecule has 1 unspecified atom stereocenters. The van der Waals surface area contributed by atoms with Crippen molar-refractivity contribution < 1.29 is 15.9 Å². The van der Waals surface area contributed by atoms with E-state index in [1.165, 1.54) is 33.4 Å². The molecule has 3 heteroatoms. The van der Waals surface area contributed by atoms with Crippen LogP contribution in [-0.2, 0) is 15.9 Å². The van der Waals surface area contributed by atoms with Crippen molar-refractivity contribution in [2.45, 2.75) is 27.5 Å². The van der Waals surface area contributed by atoms with Gasteiger partial charge in [-0.3, -0.25) is 0 Å². The second-order valence-electron chi connectivity index (χ2n) is 12.2. The Hall–Kier alpha value is -2.57. The van der Waals surface area contributed by atoms with Crippen LogP contribution in [0.25, 0.3) is 11.1 Å². The molecule has 0 fully saturated rings. The zero-order valence-electron chi connectivity index (χ0n) is 22.8. The summed E-state index contributed by atoms with van der Waals surface area (Å²) in [7, 11) is 17.4. The molecule has 0 nitrogen and oxygen atoms in total. The molecule has 0 N–H and O–H groups in total. The summed E-state index contributed by atoms with van der Waals surface area (Å²) in [6, 6.07) is 38.9. The summed E-state index contributed by atoms with van der Waals surface area (Å²) in [4.78, 5) is 0. The van der Waals surface area contributed by atoms with Gasteiger partial charge in [0.05, 0.1) is 0 Å². The Morgan fingerprint density at radius 2 is 1.18 bits per heavy atom. The molecule has 40 heavy (non-hydrogen) atoms. The van der Waals surface area contributed by atoms with Gasteiger partial charge >= 0.3 is 247 Å². The maximum atomic E-state index is 8.71. The van der Waals surface area contributed by atoms with E-state index in [1.54, 1.807) is 0 Å². The Kier molecular flexibility index (Phi) is 6.25. The van der Waals surface area contributed by atoms with Crippen LogP contribution in [0.1, 0.15) is 46.1 Å². The average molecular weight is 639 g/mol. The normalized spacial score (nSPS) is 19.4. The molecule has 7 rings (SSSR count). The van der Waals surface area contributed by atoms with Crippen molar-refractivity contribution >= 4 is 20.2 Å². The summed E-state index contributed by atoms with van der Waals surface area (Å²) in [6.07, 6.45) is 10.4. The Labute approximate surface area is 245 Å². The molecule has 0 radical (unpaired) electrons. The van der Waals surface area contributed by atoms with E-state index in [0.717, 1.165) is 20.8 Å².